The van der Waals surface area contributed by atoms with E-state index in [1.54, 1.807) is 30.3 Å². The first-order chi connectivity index (χ1) is 13.8. The molecule has 0 radical (unpaired) electrons. The standard InChI is InChI=1S/C20H23NO8/c1-10-11(2)18(25)21(17(10)24)14-16(23)15(22)13(29-20(14)27-3)9-28-19(26)12-7-5-4-6-8-12/h4-8,13-16,20,22-23H,9H2,1-3H3/t13-,14-,15-,16-,20+/m1/s1. The fourth-order valence-electron chi connectivity index (χ4n) is 3.38. The number of hydrogen-bond acceptors (Lipinski definition) is 8. The van der Waals surface area contributed by atoms with Gasteiger partial charge in [-0.15, -0.1) is 0 Å². The van der Waals surface area contributed by atoms with Crippen molar-refractivity contribution in [1.29, 1.82) is 0 Å². The maximum absolute atomic E-state index is 12.5. The summed E-state index contributed by atoms with van der Waals surface area (Å²) in [5.41, 5.74) is 0.834. The molecule has 9 heteroatoms. The van der Waals surface area contributed by atoms with E-state index < -0.39 is 48.4 Å². The number of benzene rings is 1. The molecule has 3 rings (SSSR count). The van der Waals surface area contributed by atoms with Gasteiger partial charge in [-0.05, 0) is 26.0 Å². The molecule has 2 amide bonds. The zero-order valence-corrected chi connectivity index (χ0v) is 16.3. The van der Waals surface area contributed by atoms with E-state index in [1.165, 1.54) is 21.0 Å². The number of amides is 2. The summed E-state index contributed by atoms with van der Waals surface area (Å²) in [6.45, 7) is 2.67. The first kappa shape index (κ1) is 21.1. The molecule has 156 valence electrons. The molecule has 5 atom stereocenters. The molecule has 2 N–H and O–H groups in total. The van der Waals surface area contributed by atoms with Crippen LogP contribution in [-0.2, 0) is 23.8 Å². The van der Waals surface area contributed by atoms with Crippen molar-refractivity contribution in [2.24, 2.45) is 0 Å². The van der Waals surface area contributed by atoms with E-state index in [1.807, 2.05) is 0 Å². The normalized spacial score (nSPS) is 30.1. The highest BCUT2D eigenvalue weighted by atomic mass is 16.7. The van der Waals surface area contributed by atoms with Crippen molar-refractivity contribution in [1.82, 2.24) is 4.90 Å². The van der Waals surface area contributed by atoms with Gasteiger partial charge in [-0.1, -0.05) is 18.2 Å². The molecule has 0 spiro atoms. The first-order valence-corrected chi connectivity index (χ1v) is 9.09. The lowest BCUT2D eigenvalue weighted by Gasteiger charge is -2.44. The third-order valence-electron chi connectivity index (χ3n) is 5.23. The highest BCUT2D eigenvalue weighted by Crippen LogP contribution is 2.31. The topological polar surface area (TPSA) is 123 Å². The van der Waals surface area contributed by atoms with E-state index in [4.69, 9.17) is 14.2 Å². The number of aliphatic hydroxyl groups excluding tert-OH is 2. The molecule has 1 aromatic rings. The van der Waals surface area contributed by atoms with Gasteiger partial charge >= 0.3 is 5.97 Å². The smallest absolute Gasteiger partial charge is 0.338 e. The lowest BCUT2D eigenvalue weighted by atomic mass is 9.95. The van der Waals surface area contributed by atoms with E-state index in [2.05, 4.69) is 0 Å². The number of imide groups is 1. The van der Waals surface area contributed by atoms with Crippen LogP contribution < -0.4 is 0 Å². The Labute approximate surface area is 167 Å². The number of nitrogens with zero attached hydrogens (tertiary/aromatic N) is 1. The van der Waals surface area contributed by atoms with Crippen LogP contribution in [0.25, 0.3) is 0 Å². The minimum atomic E-state index is -1.55. The van der Waals surface area contributed by atoms with Crippen molar-refractivity contribution >= 4 is 17.8 Å². The number of aliphatic hydroxyl groups is 2. The summed E-state index contributed by atoms with van der Waals surface area (Å²) in [4.78, 5) is 37.9. The largest absolute Gasteiger partial charge is 0.459 e. The van der Waals surface area contributed by atoms with Crippen molar-refractivity contribution < 1.29 is 38.8 Å². The number of esters is 1. The van der Waals surface area contributed by atoms with Crippen LogP contribution >= 0.6 is 0 Å². The Hall–Kier alpha value is -2.59. The molecule has 1 saturated heterocycles. The Balaban J connectivity index is 1.72. The molecule has 1 fully saturated rings. The van der Waals surface area contributed by atoms with Crippen molar-refractivity contribution in [2.45, 2.75) is 44.5 Å². The average molecular weight is 405 g/mol. The number of ether oxygens (including phenoxy) is 3. The van der Waals surface area contributed by atoms with E-state index in [0.29, 0.717) is 5.56 Å². The maximum atomic E-state index is 12.5. The van der Waals surface area contributed by atoms with E-state index in [9.17, 15) is 24.6 Å². The van der Waals surface area contributed by atoms with Gasteiger partial charge in [0.2, 0.25) is 0 Å². The summed E-state index contributed by atoms with van der Waals surface area (Å²) in [6.07, 6.45) is -5.39. The highest BCUT2D eigenvalue weighted by Gasteiger charge is 2.52. The molecule has 0 saturated carbocycles. The quantitative estimate of drug-likeness (QED) is 0.519. The number of methoxy groups -OCH3 is 1. The van der Waals surface area contributed by atoms with E-state index in [-0.39, 0.29) is 17.8 Å². The summed E-state index contributed by atoms with van der Waals surface area (Å²) >= 11 is 0. The molecule has 2 aliphatic rings. The molecule has 1 aromatic carbocycles. The fourth-order valence-corrected chi connectivity index (χ4v) is 3.38. The predicted molar refractivity (Wildman–Crippen MR) is 98.4 cm³/mol. The number of carbonyl (C=O) groups is 3. The molecule has 9 nitrogen and oxygen atoms in total. The zero-order chi connectivity index (χ0) is 21.3. The van der Waals surface area contributed by atoms with Crippen LogP contribution in [0.15, 0.2) is 41.5 Å². The molecule has 29 heavy (non-hydrogen) atoms. The number of hydrogen-bond donors (Lipinski definition) is 2. The summed E-state index contributed by atoms with van der Waals surface area (Å²) < 4.78 is 16.0. The average Bonchev–Trinajstić information content (AvgIpc) is 2.92. The maximum Gasteiger partial charge on any atom is 0.338 e. The van der Waals surface area contributed by atoms with Crippen LogP contribution in [0.5, 0.6) is 0 Å². The zero-order valence-electron chi connectivity index (χ0n) is 16.3. The van der Waals surface area contributed by atoms with Gasteiger partial charge in [-0.2, -0.15) is 0 Å². The first-order valence-electron chi connectivity index (χ1n) is 9.09. The Morgan fingerprint density at radius 3 is 2.21 bits per heavy atom. The van der Waals surface area contributed by atoms with E-state index in [0.717, 1.165) is 4.90 Å². The van der Waals surface area contributed by atoms with Crippen LogP contribution in [0.4, 0.5) is 0 Å². The molecule has 2 aliphatic heterocycles. The summed E-state index contributed by atoms with van der Waals surface area (Å²) in [7, 11) is 1.29. The molecule has 0 unspecified atom stereocenters. The van der Waals surface area contributed by atoms with Gasteiger partial charge in [0.05, 0.1) is 5.56 Å². The Morgan fingerprint density at radius 1 is 1.07 bits per heavy atom. The molecule has 0 aromatic heterocycles. The van der Waals surface area contributed by atoms with Crippen LogP contribution in [0.2, 0.25) is 0 Å². The van der Waals surface area contributed by atoms with Crippen LogP contribution in [0, 0.1) is 0 Å². The Morgan fingerprint density at radius 2 is 1.66 bits per heavy atom. The second-order valence-corrected chi connectivity index (χ2v) is 6.95. The Bertz CT molecular complexity index is 810. The molecule has 0 bridgehead atoms. The van der Waals surface area contributed by atoms with Crippen LogP contribution in [0.1, 0.15) is 24.2 Å². The van der Waals surface area contributed by atoms with Crippen molar-refractivity contribution in [3.05, 3.63) is 47.0 Å². The van der Waals surface area contributed by atoms with Gasteiger partial charge in [0.1, 0.15) is 31.0 Å². The molecular formula is C20H23NO8. The van der Waals surface area contributed by atoms with Gasteiger partial charge in [-0.3, -0.25) is 14.5 Å². The number of carbonyl (C=O) groups excluding carboxylic acids is 3. The lowest BCUT2D eigenvalue weighted by molar-refractivity contribution is -0.275. The second kappa shape index (κ2) is 8.42. The summed E-state index contributed by atoms with van der Waals surface area (Å²) in [5.74, 6) is -1.78. The fraction of sp³-hybridized carbons (Fsp3) is 0.450. The van der Waals surface area contributed by atoms with Crippen LogP contribution in [0.3, 0.4) is 0 Å². The minimum Gasteiger partial charge on any atom is -0.459 e. The van der Waals surface area contributed by atoms with Crippen LogP contribution in [-0.4, -0.2) is 77.3 Å². The van der Waals surface area contributed by atoms with Gasteiger partial charge in [0, 0.05) is 18.3 Å². The van der Waals surface area contributed by atoms with Gasteiger partial charge < -0.3 is 24.4 Å². The van der Waals surface area contributed by atoms with Gasteiger partial charge in [0.15, 0.2) is 6.29 Å². The second-order valence-electron chi connectivity index (χ2n) is 6.95. The molecular weight excluding hydrogens is 382 g/mol. The number of rotatable bonds is 5. The predicted octanol–water partition coefficient (Wildman–Crippen LogP) is 0.0103. The highest BCUT2D eigenvalue weighted by molar-refractivity contribution is 6.19. The monoisotopic (exact) mass is 405 g/mol. The summed E-state index contributed by atoms with van der Waals surface area (Å²) in [5, 5.41) is 21.1. The van der Waals surface area contributed by atoms with Gasteiger partial charge in [-0.25, -0.2) is 4.79 Å². The molecule has 2 heterocycles. The van der Waals surface area contributed by atoms with Crippen molar-refractivity contribution in [2.75, 3.05) is 13.7 Å². The van der Waals surface area contributed by atoms with Crippen molar-refractivity contribution in [3.63, 3.8) is 0 Å². The Kier molecular flexibility index (Phi) is 6.13. The van der Waals surface area contributed by atoms with Gasteiger partial charge in [0.25, 0.3) is 11.8 Å². The van der Waals surface area contributed by atoms with Crippen molar-refractivity contribution in [3.8, 4) is 0 Å². The molecule has 0 aliphatic carbocycles. The minimum absolute atomic E-state index is 0.255. The van der Waals surface area contributed by atoms with E-state index >= 15 is 0 Å². The third-order valence-corrected chi connectivity index (χ3v) is 5.23. The lowest BCUT2D eigenvalue weighted by Crippen LogP contribution is -2.66. The third kappa shape index (κ3) is 3.82. The SMILES string of the molecule is CO[C@H]1O[C@H](COC(=O)c2ccccc2)[C@@H](O)[C@H](O)[C@H]1N1C(=O)C(C)=C(C)C1=O. The summed E-state index contributed by atoms with van der Waals surface area (Å²) in [6, 6.07) is 7.02.